The van der Waals surface area contributed by atoms with Crippen LogP contribution < -0.4 is 20.1 Å². The number of hydrogen-bond donors (Lipinski definition) is 8. The minimum atomic E-state index is -5.04. The summed E-state index contributed by atoms with van der Waals surface area (Å²) in [6, 6.07) is 15.6. The average molecular weight is 1310 g/mol. The third-order valence-electron chi connectivity index (χ3n) is 11.8. The number of hydrogen-bond acceptors (Lipinski definition) is 23. The van der Waals surface area contributed by atoms with Gasteiger partial charge >= 0.3 is 6.03 Å². The molecule has 0 spiro atoms. The fraction of sp³-hybridized carbons (Fsp3) is 0.245. The number of benzene rings is 6. The first-order valence-electron chi connectivity index (χ1n) is 24.4. The molecule has 8 N–H and O–H groups in total. The first kappa shape index (κ1) is 67.2. The highest BCUT2D eigenvalue weighted by atomic mass is 32.2. The van der Waals surface area contributed by atoms with Gasteiger partial charge in [0.15, 0.2) is 0 Å². The van der Waals surface area contributed by atoms with E-state index in [1.165, 1.54) is 36.4 Å². The molecule has 0 aliphatic carbocycles. The average Bonchev–Trinajstić information content (AvgIpc) is 1.20. The van der Waals surface area contributed by atoms with Gasteiger partial charge in [0.1, 0.15) is 44.0 Å². The van der Waals surface area contributed by atoms with E-state index in [1.807, 2.05) is 0 Å². The second-order valence-corrected chi connectivity index (χ2v) is 27.4. The molecule has 0 fully saturated rings. The van der Waals surface area contributed by atoms with Crippen LogP contribution in [0.4, 0.5) is 61.7 Å². The van der Waals surface area contributed by atoms with Gasteiger partial charge in [0.25, 0.3) is 60.7 Å². The van der Waals surface area contributed by atoms with Gasteiger partial charge in [-0.05, 0) is 161 Å². The maximum absolute atomic E-state index is 13.8. The summed E-state index contributed by atoms with van der Waals surface area (Å²) in [5.74, 6) is -1.31. The molecule has 0 aromatic heterocycles. The minimum Gasteiger partial charge on any atom is -0.491 e. The molecular formula is C49H52N10O21S6. The predicted octanol–water partition coefficient (Wildman–Crippen LogP) is 11.1. The molecule has 460 valence electrons. The van der Waals surface area contributed by atoms with E-state index in [1.54, 1.807) is 53.7 Å². The zero-order valence-corrected chi connectivity index (χ0v) is 50.6. The summed E-state index contributed by atoms with van der Waals surface area (Å²) < 4.78 is 209. The number of nitrogens with one attached hydrogen (secondary N) is 2. The molecule has 6 rings (SSSR count). The van der Waals surface area contributed by atoms with Crippen molar-refractivity contribution in [3.8, 4) is 11.5 Å². The van der Waals surface area contributed by atoms with Crippen LogP contribution >= 0.6 is 0 Å². The Balaban J connectivity index is 1.26. The van der Waals surface area contributed by atoms with Crippen molar-refractivity contribution in [2.75, 3.05) is 35.4 Å². The SMILES string of the molecule is Cc1cc(N=Nc2ccc(S(=O)(=O)O)cc2S(=O)(=O)O)c(C)cc1N=Nc1cc(C)c(NC(=O)Nc2cc(OCCCS(=O)(=O)O)c(N=Nc3cc(C)c(N=Nc4ccc(S(=O)(=O)O)cc4S(=O)(=O)O)cc3C)cc2C)cc1OCCCS(=O)(=O)O. The highest BCUT2D eigenvalue weighted by Gasteiger charge is 2.23. The van der Waals surface area contributed by atoms with Crippen molar-refractivity contribution >= 4 is 124 Å². The number of nitrogens with zero attached hydrogens (tertiary/aromatic N) is 8. The van der Waals surface area contributed by atoms with E-state index in [4.69, 9.17) is 9.47 Å². The Bertz CT molecular complexity index is 4240. The highest BCUT2D eigenvalue weighted by molar-refractivity contribution is 7.87. The van der Waals surface area contributed by atoms with E-state index in [2.05, 4.69) is 51.5 Å². The molecule has 31 nitrogen and oxygen atoms in total. The van der Waals surface area contributed by atoms with Crippen LogP contribution in [0.5, 0.6) is 11.5 Å². The fourth-order valence-corrected chi connectivity index (χ4v) is 10.9. The van der Waals surface area contributed by atoms with Gasteiger partial charge in [-0.25, -0.2) is 4.79 Å². The Labute approximate surface area is 493 Å². The van der Waals surface area contributed by atoms with Crippen LogP contribution in [-0.2, 0) is 60.7 Å². The summed E-state index contributed by atoms with van der Waals surface area (Å²) in [7, 11) is -28.5. The molecule has 37 heteroatoms. The third-order valence-corrected chi connectivity index (χ3v) is 16.9. The van der Waals surface area contributed by atoms with Crippen LogP contribution in [0.2, 0.25) is 0 Å². The molecule has 86 heavy (non-hydrogen) atoms. The molecular weight excluding hydrogens is 1260 g/mol. The summed E-state index contributed by atoms with van der Waals surface area (Å²) in [5, 5.41) is 38.7. The van der Waals surface area contributed by atoms with Gasteiger partial charge in [-0.2, -0.15) is 71.0 Å². The Morgan fingerprint density at radius 1 is 0.372 bits per heavy atom. The topological polar surface area (TPSA) is 485 Å². The Kier molecular flexibility index (Phi) is 20.9. The summed E-state index contributed by atoms with van der Waals surface area (Å²) in [5.41, 5.74) is 3.17. The lowest BCUT2D eigenvalue weighted by molar-refractivity contribution is 0.262. The lowest BCUT2D eigenvalue weighted by Crippen LogP contribution is -2.20. The number of anilines is 2. The van der Waals surface area contributed by atoms with E-state index in [-0.39, 0.29) is 83.1 Å². The second kappa shape index (κ2) is 26.8. The van der Waals surface area contributed by atoms with Crippen LogP contribution in [-0.4, -0.2) is 109 Å². The van der Waals surface area contributed by atoms with E-state index in [9.17, 15) is 82.6 Å². The van der Waals surface area contributed by atoms with Gasteiger partial charge in [-0.1, -0.05) is 0 Å². The first-order chi connectivity index (χ1) is 39.8. The minimum absolute atomic E-state index is 0.00372. The van der Waals surface area contributed by atoms with Gasteiger partial charge in [0.2, 0.25) is 0 Å². The zero-order valence-electron chi connectivity index (χ0n) is 45.7. The van der Waals surface area contributed by atoms with Crippen LogP contribution in [0.15, 0.2) is 145 Å². The number of azo groups is 4. The number of aryl methyl sites for hydroxylation is 6. The standard InChI is InChI=1S/C49H52N10O21S6/c1-27-21-43(58-56-41-19-29(3)39(17-31(41)5)54-52-35-11-9-33(83(67,68)69)23-47(35)85(73,74)75)45(79-13-7-15-81(61,62)63)25-37(27)50-49(60)51-38-26-46(80-14-8-16-82(64,65)66)44(22-28(38)2)59-57-42-20-30(4)40(18-32(42)6)55-53-36-12-10-34(84(70,71)72)24-48(36)86(76,77)78/h9-12,17-26H,7-8,13-16H2,1-6H3,(H2,50,51,60)(H,61,62,63)(H,64,65,66)(H,67,68,69)(H,70,71,72)(H,73,74,75)(H,76,77,78). The maximum Gasteiger partial charge on any atom is 0.323 e. The largest absolute Gasteiger partial charge is 0.491 e. The van der Waals surface area contributed by atoms with Crippen molar-refractivity contribution in [1.82, 2.24) is 0 Å². The first-order valence-corrected chi connectivity index (χ1v) is 33.3. The quantitative estimate of drug-likeness (QED) is 0.0158. The lowest BCUT2D eigenvalue weighted by atomic mass is 10.1. The number of ether oxygens (including phenoxy) is 2. The molecule has 0 saturated carbocycles. The molecule has 6 aromatic rings. The summed E-state index contributed by atoms with van der Waals surface area (Å²) in [4.78, 5) is 10.2. The number of rotatable bonds is 24. The van der Waals surface area contributed by atoms with Crippen LogP contribution in [0.3, 0.4) is 0 Å². The summed E-state index contributed by atoms with van der Waals surface area (Å²) in [6.07, 6.45) is -0.336. The zero-order chi connectivity index (χ0) is 63.9. The van der Waals surface area contributed by atoms with Crippen molar-refractivity contribution in [3.63, 3.8) is 0 Å². The molecule has 0 bridgehead atoms. The fourth-order valence-electron chi connectivity index (χ4n) is 7.45. The molecule has 0 unspecified atom stereocenters. The lowest BCUT2D eigenvalue weighted by Gasteiger charge is -2.16. The highest BCUT2D eigenvalue weighted by Crippen LogP contribution is 2.40. The molecule has 0 heterocycles. The monoisotopic (exact) mass is 1310 g/mol. The van der Waals surface area contributed by atoms with Crippen molar-refractivity contribution < 1.29 is 92.1 Å². The maximum atomic E-state index is 13.8. The van der Waals surface area contributed by atoms with Gasteiger partial charge < -0.3 is 20.1 Å². The van der Waals surface area contributed by atoms with Crippen molar-refractivity contribution in [1.29, 1.82) is 0 Å². The van der Waals surface area contributed by atoms with E-state index in [0.29, 0.717) is 45.5 Å². The molecule has 0 saturated heterocycles. The number of amides is 2. The number of carbonyl (C=O) groups excluding carboxylic acids is 1. The van der Waals surface area contributed by atoms with Crippen molar-refractivity contribution in [2.24, 2.45) is 40.9 Å². The van der Waals surface area contributed by atoms with Crippen molar-refractivity contribution in [2.45, 2.75) is 74.0 Å². The Hall–Kier alpha value is -7.95. The number of carbonyl (C=O) groups is 1. The second-order valence-electron chi connectivity index (χ2n) is 18.6. The van der Waals surface area contributed by atoms with Crippen LogP contribution in [0.1, 0.15) is 46.2 Å². The van der Waals surface area contributed by atoms with Gasteiger partial charge in [0.05, 0.1) is 57.3 Å². The van der Waals surface area contributed by atoms with E-state index in [0.717, 1.165) is 24.3 Å². The molecule has 0 atom stereocenters. The third kappa shape index (κ3) is 19.0. The Morgan fingerprint density at radius 3 is 0.930 bits per heavy atom. The molecule has 0 aliphatic rings. The van der Waals surface area contributed by atoms with Gasteiger partial charge in [-0.15, -0.1) is 20.5 Å². The van der Waals surface area contributed by atoms with Crippen molar-refractivity contribution in [3.05, 3.63) is 118 Å². The van der Waals surface area contributed by atoms with Crippen LogP contribution in [0.25, 0.3) is 0 Å². The molecule has 0 radical (unpaired) electrons. The summed E-state index contributed by atoms with van der Waals surface area (Å²) >= 11 is 0. The van der Waals surface area contributed by atoms with Crippen LogP contribution in [0, 0.1) is 41.5 Å². The van der Waals surface area contributed by atoms with E-state index >= 15 is 0 Å². The van der Waals surface area contributed by atoms with E-state index < -0.39 is 109 Å². The molecule has 0 aliphatic heterocycles. The predicted molar refractivity (Wildman–Crippen MR) is 309 cm³/mol. The molecule has 6 aromatic carbocycles. The molecule has 2 amide bonds. The normalized spacial score (nSPS) is 12.9. The van der Waals surface area contributed by atoms with Gasteiger partial charge in [-0.3, -0.25) is 27.3 Å². The number of urea groups is 1. The smallest absolute Gasteiger partial charge is 0.323 e. The Morgan fingerprint density at radius 2 is 0.651 bits per heavy atom. The van der Waals surface area contributed by atoms with Gasteiger partial charge in [0, 0.05) is 23.5 Å². The summed E-state index contributed by atoms with van der Waals surface area (Å²) in [6.45, 7) is 9.16.